The zero-order valence-electron chi connectivity index (χ0n) is 12.9. The van der Waals surface area contributed by atoms with Crippen LogP contribution in [-0.2, 0) is 0 Å². The first-order chi connectivity index (χ1) is 9.58. The molecule has 2 atom stereocenters. The lowest BCUT2D eigenvalue weighted by atomic mass is 10.0. The highest BCUT2D eigenvalue weighted by Gasteiger charge is 2.24. The Kier molecular flexibility index (Phi) is 6.06. The van der Waals surface area contributed by atoms with E-state index < -0.39 is 0 Å². The lowest BCUT2D eigenvalue weighted by molar-refractivity contribution is 0.183. The molecule has 0 aliphatic carbocycles. The zero-order chi connectivity index (χ0) is 14.5. The number of nitrogens with zero attached hydrogens (tertiary/aromatic N) is 1. The highest BCUT2D eigenvalue weighted by molar-refractivity contribution is 9.10. The summed E-state index contributed by atoms with van der Waals surface area (Å²) < 4.78 is 1.16. The molecule has 1 heterocycles. The first-order valence-corrected chi connectivity index (χ1v) is 8.60. The third-order valence-electron chi connectivity index (χ3n) is 4.36. The fraction of sp³-hybridized carbons (Fsp3) is 0.647. The summed E-state index contributed by atoms with van der Waals surface area (Å²) in [4.78, 5) is 2.66. The van der Waals surface area contributed by atoms with E-state index in [2.05, 4.69) is 71.2 Å². The molecule has 1 aliphatic heterocycles. The Bertz CT molecular complexity index is 413. The van der Waals surface area contributed by atoms with Crippen LogP contribution in [0.5, 0.6) is 0 Å². The quantitative estimate of drug-likeness (QED) is 0.835. The predicted molar refractivity (Wildman–Crippen MR) is 90.0 cm³/mol. The van der Waals surface area contributed by atoms with E-state index in [1.165, 1.54) is 31.5 Å². The standard InChI is InChI=1S/C17H27BrN2/c1-13(2)17(20-9-4-5-10-20)12-19-14(3)15-7-6-8-16(18)11-15/h6-8,11,13-14,17,19H,4-5,9-10,12H2,1-3H3. The number of likely N-dealkylation sites (tertiary alicyclic amines) is 1. The van der Waals surface area contributed by atoms with Crippen molar-refractivity contribution in [3.05, 3.63) is 34.3 Å². The maximum absolute atomic E-state index is 3.72. The molecule has 0 bridgehead atoms. The molecule has 1 N–H and O–H groups in total. The van der Waals surface area contributed by atoms with Crippen molar-refractivity contribution in [2.45, 2.75) is 45.7 Å². The smallest absolute Gasteiger partial charge is 0.0292 e. The summed E-state index contributed by atoms with van der Waals surface area (Å²) in [6.07, 6.45) is 2.73. The minimum absolute atomic E-state index is 0.399. The van der Waals surface area contributed by atoms with Crippen molar-refractivity contribution in [1.82, 2.24) is 10.2 Å². The Hall–Kier alpha value is -0.380. The van der Waals surface area contributed by atoms with Gasteiger partial charge in [0.05, 0.1) is 0 Å². The molecule has 2 unspecified atom stereocenters. The number of rotatable bonds is 6. The topological polar surface area (TPSA) is 15.3 Å². The molecule has 2 nitrogen and oxygen atoms in total. The molecular formula is C17H27BrN2. The van der Waals surface area contributed by atoms with Crippen molar-refractivity contribution in [3.63, 3.8) is 0 Å². The molecule has 3 heteroatoms. The first-order valence-electron chi connectivity index (χ1n) is 7.81. The van der Waals surface area contributed by atoms with Crippen molar-refractivity contribution in [3.8, 4) is 0 Å². The van der Waals surface area contributed by atoms with Gasteiger partial charge in [-0.15, -0.1) is 0 Å². The number of benzene rings is 1. The average molecular weight is 339 g/mol. The molecule has 0 amide bonds. The summed E-state index contributed by atoms with van der Waals surface area (Å²) in [5.41, 5.74) is 1.35. The van der Waals surface area contributed by atoms with Crippen LogP contribution in [0.4, 0.5) is 0 Å². The number of hydrogen-bond donors (Lipinski definition) is 1. The van der Waals surface area contributed by atoms with Gasteiger partial charge >= 0.3 is 0 Å². The summed E-state index contributed by atoms with van der Waals surface area (Å²) in [6.45, 7) is 10.6. The average Bonchev–Trinajstić information content (AvgIpc) is 2.92. The van der Waals surface area contributed by atoms with Gasteiger partial charge in [-0.1, -0.05) is 41.9 Å². The lowest BCUT2D eigenvalue weighted by Crippen LogP contribution is -2.44. The molecule has 2 rings (SSSR count). The largest absolute Gasteiger partial charge is 0.309 e. The van der Waals surface area contributed by atoms with Crippen molar-refractivity contribution < 1.29 is 0 Å². The van der Waals surface area contributed by atoms with Crippen LogP contribution in [-0.4, -0.2) is 30.6 Å². The monoisotopic (exact) mass is 338 g/mol. The van der Waals surface area contributed by atoms with E-state index in [9.17, 15) is 0 Å². The Morgan fingerprint density at radius 2 is 1.90 bits per heavy atom. The molecule has 0 saturated carbocycles. The SMILES string of the molecule is CC(NCC(C(C)C)N1CCCC1)c1cccc(Br)c1. The highest BCUT2D eigenvalue weighted by Crippen LogP contribution is 2.20. The minimum Gasteiger partial charge on any atom is -0.309 e. The van der Waals surface area contributed by atoms with Crippen LogP contribution in [0.2, 0.25) is 0 Å². The second kappa shape index (κ2) is 7.58. The van der Waals surface area contributed by atoms with E-state index in [1.807, 2.05) is 0 Å². The van der Waals surface area contributed by atoms with E-state index in [0.29, 0.717) is 18.0 Å². The fourth-order valence-corrected chi connectivity index (χ4v) is 3.47. The maximum atomic E-state index is 3.72. The fourth-order valence-electron chi connectivity index (χ4n) is 3.05. The van der Waals surface area contributed by atoms with Gasteiger partial charge in [0.25, 0.3) is 0 Å². The van der Waals surface area contributed by atoms with E-state index in [1.54, 1.807) is 0 Å². The van der Waals surface area contributed by atoms with Gasteiger partial charge in [0, 0.05) is 23.1 Å². The van der Waals surface area contributed by atoms with Gasteiger partial charge in [0.1, 0.15) is 0 Å². The zero-order valence-corrected chi connectivity index (χ0v) is 14.5. The van der Waals surface area contributed by atoms with Gasteiger partial charge in [-0.25, -0.2) is 0 Å². The summed E-state index contributed by atoms with van der Waals surface area (Å²) in [5, 5.41) is 3.72. The first kappa shape index (κ1) is 16.0. The lowest BCUT2D eigenvalue weighted by Gasteiger charge is -2.32. The van der Waals surface area contributed by atoms with E-state index in [0.717, 1.165) is 11.0 Å². The van der Waals surface area contributed by atoms with Crippen LogP contribution < -0.4 is 5.32 Å². The van der Waals surface area contributed by atoms with Gasteiger partial charge in [-0.2, -0.15) is 0 Å². The third-order valence-corrected chi connectivity index (χ3v) is 4.85. The molecule has 0 radical (unpaired) electrons. The van der Waals surface area contributed by atoms with Gasteiger partial charge in [0.15, 0.2) is 0 Å². The van der Waals surface area contributed by atoms with Crippen molar-refractivity contribution in [1.29, 1.82) is 0 Å². The molecule has 1 saturated heterocycles. The van der Waals surface area contributed by atoms with Crippen LogP contribution in [0.25, 0.3) is 0 Å². The van der Waals surface area contributed by atoms with Crippen molar-refractivity contribution in [2.75, 3.05) is 19.6 Å². The van der Waals surface area contributed by atoms with Gasteiger partial charge in [-0.05, 0) is 56.5 Å². The van der Waals surface area contributed by atoms with Crippen LogP contribution in [0.1, 0.15) is 45.2 Å². The second-order valence-corrected chi connectivity index (χ2v) is 7.16. The van der Waals surface area contributed by atoms with Crippen LogP contribution in [0.15, 0.2) is 28.7 Å². The molecular weight excluding hydrogens is 312 g/mol. The second-order valence-electron chi connectivity index (χ2n) is 6.24. The molecule has 1 fully saturated rings. The normalized spacial score (nSPS) is 19.4. The van der Waals surface area contributed by atoms with Gasteiger partial charge in [-0.3, -0.25) is 4.90 Å². The number of hydrogen-bond acceptors (Lipinski definition) is 2. The molecule has 0 aromatic heterocycles. The third kappa shape index (κ3) is 4.31. The Morgan fingerprint density at radius 1 is 1.20 bits per heavy atom. The molecule has 0 spiro atoms. The predicted octanol–water partition coefficient (Wildman–Crippen LogP) is 4.22. The highest BCUT2D eigenvalue weighted by atomic mass is 79.9. The molecule has 1 aliphatic rings. The van der Waals surface area contributed by atoms with Crippen LogP contribution >= 0.6 is 15.9 Å². The van der Waals surface area contributed by atoms with E-state index in [4.69, 9.17) is 0 Å². The Balaban J connectivity index is 1.91. The molecule has 1 aromatic carbocycles. The summed E-state index contributed by atoms with van der Waals surface area (Å²) >= 11 is 3.55. The summed E-state index contributed by atoms with van der Waals surface area (Å²) in [5.74, 6) is 0.704. The Morgan fingerprint density at radius 3 is 2.50 bits per heavy atom. The summed E-state index contributed by atoms with van der Waals surface area (Å²) in [6, 6.07) is 9.65. The maximum Gasteiger partial charge on any atom is 0.0292 e. The minimum atomic E-state index is 0.399. The Labute approximate surface area is 132 Å². The number of halogens is 1. The summed E-state index contributed by atoms with van der Waals surface area (Å²) in [7, 11) is 0. The van der Waals surface area contributed by atoms with Crippen LogP contribution in [0.3, 0.4) is 0 Å². The molecule has 1 aromatic rings. The number of nitrogens with one attached hydrogen (secondary N) is 1. The van der Waals surface area contributed by atoms with Crippen molar-refractivity contribution in [2.24, 2.45) is 5.92 Å². The van der Waals surface area contributed by atoms with Gasteiger partial charge < -0.3 is 5.32 Å². The van der Waals surface area contributed by atoms with Crippen molar-refractivity contribution >= 4 is 15.9 Å². The van der Waals surface area contributed by atoms with E-state index >= 15 is 0 Å². The molecule has 20 heavy (non-hydrogen) atoms. The van der Waals surface area contributed by atoms with E-state index in [-0.39, 0.29) is 0 Å². The van der Waals surface area contributed by atoms with Gasteiger partial charge in [0.2, 0.25) is 0 Å². The molecule has 112 valence electrons. The van der Waals surface area contributed by atoms with Crippen LogP contribution in [0, 0.1) is 5.92 Å².